The van der Waals surface area contributed by atoms with Crippen LogP contribution in [0.1, 0.15) is 0 Å². The van der Waals surface area contributed by atoms with Gasteiger partial charge in [-0.15, -0.1) is 0 Å². The second-order valence-corrected chi connectivity index (χ2v) is 4.79. The summed E-state index contributed by atoms with van der Waals surface area (Å²) in [5.74, 6) is -2.04. The minimum atomic E-state index is -2.46. The number of hydrogen-bond acceptors (Lipinski definition) is 3. The topological polar surface area (TPSA) is 38.3 Å². The van der Waals surface area contributed by atoms with E-state index in [1.54, 1.807) is 24.3 Å². The molecular weight excluding hydrogens is 284 g/mol. The van der Waals surface area contributed by atoms with Gasteiger partial charge in [-0.25, -0.2) is 4.79 Å². The summed E-state index contributed by atoms with van der Waals surface area (Å²) in [5.41, 5.74) is 0.476. The summed E-state index contributed by atoms with van der Waals surface area (Å²) in [4.78, 5) is 12.0. The standard InChI is InChI=1S/C14H11F2NO2S/c15-13(16)20-12-8-6-10(7-9-12)17-14(18)19-11-4-2-1-3-5-11/h1-9,13H,(H,17,18). The van der Waals surface area contributed by atoms with Gasteiger partial charge in [0.25, 0.3) is 5.76 Å². The van der Waals surface area contributed by atoms with E-state index in [0.29, 0.717) is 28.1 Å². The zero-order chi connectivity index (χ0) is 14.4. The summed E-state index contributed by atoms with van der Waals surface area (Å²) in [5, 5.41) is 2.51. The van der Waals surface area contributed by atoms with Crippen LogP contribution in [0.2, 0.25) is 0 Å². The van der Waals surface area contributed by atoms with Crippen molar-refractivity contribution in [3.63, 3.8) is 0 Å². The number of thioether (sulfide) groups is 1. The van der Waals surface area contributed by atoms with Crippen LogP contribution in [0.3, 0.4) is 0 Å². The number of benzene rings is 2. The first-order valence-electron chi connectivity index (χ1n) is 5.72. The van der Waals surface area contributed by atoms with Crippen molar-refractivity contribution in [1.82, 2.24) is 0 Å². The number of nitrogens with one attached hydrogen (secondary N) is 1. The lowest BCUT2D eigenvalue weighted by molar-refractivity contribution is 0.215. The van der Waals surface area contributed by atoms with E-state index in [9.17, 15) is 13.6 Å². The van der Waals surface area contributed by atoms with Gasteiger partial charge in [-0.05, 0) is 36.4 Å². The molecule has 0 fully saturated rings. The molecule has 1 N–H and O–H groups in total. The third-order valence-electron chi connectivity index (χ3n) is 2.28. The Hall–Kier alpha value is -2.08. The number of alkyl halides is 2. The number of para-hydroxylation sites is 1. The zero-order valence-electron chi connectivity index (χ0n) is 10.3. The van der Waals surface area contributed by atoms with Crippen molar-refractivity contribution in [3.8, 4) is 5.75 Å². The monoisotopic (exact) mass is 295 g/mol. The Morgan fingerprint density at radius 3 is 2.30 bits per heavy atom. The van der Waals surface area contributed by atoms with Crippen molar-refractivity contribution >= 4 is 23.5 Å². The summed E-state index contributed by atoms with van der Waals surface area (Å²) in [6.07, 6.45) is -0.634. The van der Waals surface area contributed by atoms with Crippen molar-refractivity contribution in [1.29, 1.82) is 0 Å². The second-order valence-electron chi connectivity index (χ2n) is 3.73. The lowest BCUT2D eigenvalue weighted by atomic mass is 10.3. The molecule has 0 heterocycles. The van der Waals surface area contributed by atoms with Crippen molar-refractivity contribution in [3.05, 3.63) is 54.6 Å². The minimum Gasteiger partial charge on any atom is -0.410 e. The number of carbonyl (C=O) groups excluding carboxylic acids is 1. The Bertz CT molecular complexity index is 561. The van der Waals surface area contributed by atoms with E-state index >= 15 is 0 Å². The molecule has 1 amide bonds. The molecule has 2 aromatic carbocycles. The summed E-state index contributed by atoms with van der Waals surface area (Å²) in [7, 11) is 0. The van der Waals surface area contributed by atoms with Crippen LogP contribution in [0, 0.1) is 0 Å². The van der Waals surface area contributed by atoms with Crippen molar-refractivity contribution in [2.75, 3.05) is 5.32 Å². The maximum Gasteiger partial charge on any atom is 0.417 e. The summed E-state index contributed by atoms with van der Waals surface area (Å²) < 4.78 is 29.3. The number of amides is 1. The van der Waals surface area contributed by atoms with Gasteiger partial charge in [0.05, 0.1) is 0 Å². The van der Waals surface area contributed by atoms with Crippen molar-refractivity contribution in [2.45, 2.75) is 10.7 Å². The molecule has 3 nitrogen and oxygen atoms in total. The van der Waals surface area contributed by atoms with Crippen LogP contribution in [-0.2, 0) is 0 Å². The van der Waals surface area contributed by atoms with Gasteiger partial charge < -0.3 is 4.74 Å². The van der Waals surface area contributed by atoms with Crippen LogP contribution in [-0.4, -0.2) is 11.9 Å². The third-order valence-corrected chi connectivity index (χ3v) is 3.00. The average Bonchev–Trinajstić information content (AvgIpc) is 2.41. The van der Waals surface area contributed by atoms with Crippen LogP contribution in [0.15, 0.2) is 59.5 Å². The van der Waals surface area contributed by atoms with Crippen LogP contribution < -0.4 is 10.1 Å². The van der Waals surface area contributed by atoms with Crippen LogP contribution >= 0.6 is 11.8 Å². The summed E-state index contributed by atoms with van der Waals surface area (Å²) in [6.45, 7) is 0. The first-order chi connectivity index (χ1) is 9.63. The van der Waals surface area contributed by atoms with E-state index in [4.69, 9.17) is 4.74 Å². The highest BCUT2D eigenvalue weighted by molar-refractivity contribution is 7.99. The van der Waals surface area contributed by atoms with E-state index in [-0.39, 0.29) is 0 Å². The molecule has 0 atom stereocenters. The molecule has 0 saturated heterocycles. The first kappa shape index (κ1) is 14.3. The van der Waals surface area contributed by atoms with Crippen LogP contribution in [0.4, 0.5) is 19.3 Å². The Balaban J connectivity index is 1.91. The molecule has 0 unspecified atom stereocenters. The Labute approximate surface area is 118 Å². The zero-order valence-corrected chi connectivity index (χ0v) is 11.1. The van der Waals surface area contributed by atoms with E-state index in [1.807, 2.05) is 6.07 Å². The second kappa shape index (κ2) is 6.91. The molecule has 0 aromatic heterocycles. The molecule has 0 aliphatic carbocycles. The molecule has 0 radical (unpaired) electrons. The number of ether oxygens (including phenoxy) is 1. The fraction of sp³-hybridized carbons (Fsp3) is 0.0714. The average molecular weight is 295 g/mol. The van der Waals surface area contributed by atoms with Gasteiger partial charge >= 0.3 is 6.09 Å². The third kappa shape index (κ3) is 4.55. The summed E-state index contributed by atoms with van der Waals surface area (Å²) in [6, 6.07) is 14.7. The molecular formula is C14H11F2NO2S. The van der Waals surface area contributed by atoms with E-state index in [1.165, 1.54) is 24.3 Å². The number of hydrogen-bond donors (Lipinski definition) is 1. The fourth-order valence-corrected chi connectivity index (χ4v) is 1.96. The SMILES string of the molecule is O=C(Nc1ccc(SC(F)F)cc1)Oc1ccccc1. The van der Waals surface area contributed by atoms with Crippen LogP contribution in [0.25, 0.3) is 0 Å². The predicted molar refractivity (Wildman–Crippen MR) is 74.4 cm³/mol. The molecule has 0 spiro atoms. The quantitative estimate of drug-likeness (QED) is 0.837. The normalized spacial score (nSPS) is 10.3. The largest absolute Gasteiger partial charge is 0.417 e. The maximum atomic E-state index is 12.1. The predicted octanol–water partition coefficient (Wildman–Crippen LogP) is 4.61. The molecule has 0 bridgehead atoms. The van der Waals surface area contributed by atoms with Crippen molar-refractivity contribution < 1.29 is 18.3 Å². The maximum absolute atomic E-state index is 12.1. The van der Waals surface area contributed by atoms with Gasteiger partial charge in [0.15, 0.2) is 0 Å². The Morgan fingerprint density at radius 2 is 1.70 bits per heavy atom. The van der Waals surface area contributed by atoms with Crippen LogP contribution in [0.5, 0.6) is 5.75 Å². The highest BCUT2D eigenvalue weighted by Crippen LogP contribution is 2.26. The van der Waals surface area contributed by atoms with Gasteiger partial charge in [0.1, 0.15) is 5.75 Å². The number of halogens is 2. The van der Waals surface area contributed by atoms with Gasteiger partial charge in [0.2, 0.25) is 0 Å². The van der Waals surface area contributed by atoms with Gasteiger partial charge in [0, 0.05) is 10.6 Å². The van der Waals surface area contributed by atoms with Gasteiger partial charge in [-0.2, -0.15) is 8.78 Å². The van der Waals surface area contributed by atoms with Gasteiger partial charge in [-0.3, -0.25) is 5.32 Å². The Kier molecular flexibility index (Phi) is 4.95. The first-order valence-corrected chi connectivity index (χ1v) is 6.60. The minimum absolute atomic E-state index is 0.426. The Morgan fingerprint density at radius 1 is 1.05 bits per heavy atom. The van der Waals surface area contributed by atoms with E-state index < -0.39 is 11.9 Å². The molecule has 6 heteroatoms. The number of rotatable bonds is 4. The molecule has 104 valence electrons. The van der Waals surface area contributed by atoms with E-state index in [0.717, 1.165) is 0 Å². The highest BCUT2D eigenvalue weighted by Gasteiger charge is 2.07. The molecule has 0 aliphatic heterocycles. The number of carbonyl (C=O) groups is 1. The molecule has 0 aliphatic rings. The molecule has 0 saturated carbocycles. The lowest BCUT2D eigenvalue weighted by Gasteiger charge is -2.07. The molecule has 2 aromatic rings. The smallest absolute Gasteiger partial charge is 0.410 e. The fourth-order valence-electron chi connectivity index (χ4n) is 1.46. The molecule has 20 heavy (non-hydrogen) atoms. The van der Waals surface area contributed by atoms with Crippen molar-refractivity contribution in [2.24, 2.45) is 0 Å². The molecule has 2 rings (SSSR count). The summed E-state index contributed by atoms with van der Waals surface area (Å²) >= 11 is 0.451. The number of anilines is 1. The van der Waals surface area contributed by atoms with Gasteiger partial charge in [-0.1, -0.05) is 30.0 Å². The highest BCUT2D eigenvalue weighted by atomic mass is 32.2. The lowest BCUT2D eigenvalue weighted by Crippen LogP contribution is -2.16. The van der Waals surface area contributed by atoms with E-state index in [2.05, 4.69) is 5.32 Å².